The number of methoxy groups -OCH3 is 1. The zero-order valence-electron chi connectivity index (χ0n) is 10.6. The first-order valence-electron chi connectivity index (χ1n) is 6.08. The van der Waals surface area contributed by atoms with Crippen molar-refractivity contribution in [1.82, 2.24) is 14.5 Å². The average Bonchev–Trinajstić information content (AvgIpc) is 2.67. The van der Waals surface area contributed by atoms with Crippen LogP contribution in [0, 0.1) is 6.92 Å². The SMILES string of the molecule is [CH2]c1nc2ccc(C(=O)OC)nc2n1CC1CCO1. The molecule has 99 valence electrons. The van der Waals surface area contributed by atoms with Crippen molar-refractivity contribution >= 4 is 17.1 Å². The molecular weight excluding hydrogens is 246 g/mol. The van der Waals surface area contributed by atoms with Crippen molar-refractivity contribution in [3.8, 4) is 0 Å². The fourth-order valence-electron chi connectivity index (χ4n) is 2.09. The smallest absolute Gasteiger partial charge is 0.356 e. The minimum absolute atomic E-state index is 0.182. The molecule has 1 unspecified atom stereocenters. The van der Waals surface area contributed by atoms with Crippen LogP contribution < -0.4 is 0 Å². The number of ether oxygens (including phenoxy) is 2. The number of rotatable bonds is 3. The predicted molar refractivity (Wildman–Crippen MR) is 67.7 cm³/mol. The van der Waals surface area contributed by atoms with Crippen LogP contribution in [0.4, 0.5) is 0 Å². The van der Waals surface area contributed by atoms with E-state index in [4.69, 9.17) is 4.74 Å². The highest BCUT2D eigenvalue weighted by atomic mass is 16.5. The third-order valence-corrected chi connectivity index (χ3v) is 3.25. The molecular formula is C13H14N3O3. The molecule has 1 aliphatic heterocycles. The summed E-state index contributed by atoms with van der Waals surface area (Å²) in [7, 11) is 1.33. The Morgan fingerprint density at radius 3 is 3.00 bits per heavy atom. The molecule has 3 heterocycles. The molecule has 6 nitrogen and oxygen atoms in total. The highest BCUT2D eigenvalue weighted by Gasteiger charge is 2.21. The number of aromatic nitrogens is 3. The fourth-order valence-corrected chi connectivity index (χ4v) is 2.09. The van der Waals surface area contributed by atoms with Gasteiger partial charge in [0.15, 0.2) is 11.3 Å². The first-order chi connectivity index (χ1) is 9.19. The minimum Gasteiger partial charge on any atom is -0.464 e. The molecule has 1 radical (unpaired) electrons. The van der Waals surface area contributed by atoms with E-state index in [2.05, 4.69) is 21.6 Å². The van der Waals surface area contributed by atoms with Crippen molar-refractivity contribution in [3.05, 3.63) is 30.6 Å². The lowest BCUT2D eigenvalue weighted by atomic mass is 10.2. The number of imidazole rings is 1. The predicted octanol–water partition coefficient (Wildman–Crippen LogP) is 1.19. The molecule has 1 fully saturated rings. The topological polar surface area (TPSA) is 66.2 Å². The van der Waals surface area contributed by atoms with Gasteiger partial charge < -0.3 is 14.0 Å². The van der Waals surface area contributed by atoms with E-state index in [1.54, 1.807) is 12.1 Å². The van der Waals surface area contributed by atoms with Gasteiger partial charge in [-0.25, -0.2) is 14.8 Å². The van der Waals surface area contributed by atoms with E-state index >= 15 is 0 Å². The van der Waals surface area contributed by atoms with Crippen molar-refractivity contribution in [3.63, 3.8) is 0 Å². The number of carbonyl (C=O) groups is 1. The van der Waals surface area contributed by atoms with Crippen molar-refractivity contribution < 1.29 is 14.3 Å². The molecule has 0 N–H and O–H groups in total. The van der Waals surface area contributed by atoms with E-state index in [0.29, 0.717) is 18.0 Å². The first kappa shape index (κ1) is 12.1. The van der Waals surface area contributed by atoms with Gasteiger partial charge in [0.1, 0.15) is 11.3 Å². The zero-order valence-corrected chi connectivity index (χ0v) is 10.6. The number of carbonyl (C=O) groups excluding carboxylic acids is 1. The number of fused-ring (bicyclic) bond motifs is 1. The van der Waals surface area contributed by atoms with Gasteiger partial charge >= 0.3 is 5.97 Å². The summed E-state index contributed by atoms with van der Waals surface area (Å²) in [6.07, 6.45) is 1.21. The summed E-state index contributed by atoms with van der Waals surface area (Å²) in [5.74, 6) is 0.167. The molecule has 2 aromatic rings. The van der Waals surface area contributed by atoms with Crippen LogP contribution in [0.2, 0.25) is 0 Å². The van der Waals surface area contributed by atoms with E-state index in [1.807, 2.05) is 4.57 Å². The van der Waals surface area contributed by atoms with Crippen molar-refractivity contribution in [2.24, 2.45) is 0 Å². The van der Waals surface area contributed by atoms with Gasteiger partial charge in [0, 0.05) is 13.5 Å². The molecule has 0 saturated carbocycles. The lowest BCUT2D eigenvalue weighted by Crippen LogP contribution is -2.31. The fraction of sp³-hybridized carbons (Fsp3) is 0.385. The van der Waals surface area contributed by atoms with Gasteiger partial charge in [-0.05, 0) is 18.6 Å². The monoisotopic (exact) mass is 260 g/mol. The van der Waals surface area contributed by atoms with Gasteiger partial charge in [-0.1, -0.05) is 0 Å². The first-order valence-corrected chi connectivity index (χ1v) is 6.08. The van der Waals surface area contributed by atoms with Gasteiger partial charge in [0.25, 0.3) is 0 Å². The van der Waals surface area contributed by atoms with E-state index in [-0.39, 0.29) is 11.8 Å². The Morgan fingerprint density at radius 2 is 2.37 bits per heavy atom. The van der Waals surface area contributed by atoms with E-state index in [9.17, 15) is 4.79 Å². The third kappa shape index (κ3) is 2.08. The summed E-state index contributed by atoms with van der Waals surface area (Å²) in [5, 5.41) is 0. The molecule has 0 amide bonds. The zero-order chi connectivity index (χ0) is 13.4. The molecule has 6 heteroatoms. The lowest BCUT2D eigenvalue weighted by Gasteiger charge is -2.27. The molecule has 1 atom stereocenters. The maximum Gasteiger partial charge on any atom is 0.356 e. The van der Waals surface area contributed by atoms with Crippen LogP contribution in [0.5, 0.6) is 0 Å². The maximum absolute atomic E-state index is 11.5. The van der Waals surface area contributed by atoms with Crippen LogP contribution in [-0.4, -0.2) is 40.3 Å². The summed E-state index contributed by atoms with van der Waals surface area (Å²) in [6.45, 7) is 5.36. The Morgan fingerprint density at radius 1 is 1.58 bits per heavy atom. The van der Waals surface area contributed by atoms with Gasteiger partial charge in [0.2, 0.25) is 0 Å². The minimum atomic E-state index is -0.458. The van der Waals surface area contributed by atoms with Crippen LogP contribution in [0.3, 0.4) is 0 Å². The molecule has 2 aromatic heterocycles. The number of hydrogen-bond donors (Lipinski definition) is 0. The van der Waals surface area contributed by atoms with Crippen LogP contribution in [0.1, 0.15) is 22.7 Å². The molecule has 1 aliphatic rings. The van der Waals surface area contributed by atoms with Crippen LogP contribution >= 0.6 is 0 Å². The molecule has 19 heavy (non-hydrogen) atoms. The Hall–Kier alpha value is -1.95. The van der Waals surface area contributed by atoms with Gasteiger partial charge in [-0.15, -0.1) is 0 Å². The third-order valence-electron chi connectivity index (χ3n) is 3.25. The number of esters is 1. The molecule has 0 spiro atoms. The van der Waals surface area contributed by atoms with Crippen LogP contribution in [-0.2, 0) is 16.0 Å². The quantitative estimate of drug-likeness (QED) is 0.775. The second kappa shape index (κ2) is 4.62. The summed E-state index contributed by atoms with van der Waals surface area (Å²) in [6, 6.07) is 3.35. The summed E-state index contributed by atoms with van der Waals surface area (Å²) in [5.41, 5.74) is 1.63. The van der Waals surface area contributed by atoms with E-state index in [0.717, 1.165) is 18.5 Å². The lowest BCUT2D eigenvalue weighted by molar-refractivity contribution is -0.0588. The molecule has 1 saturated heterocycles. The van der Waals surface area contributed by atoms with Crippen molar-refractivity contribution in [2.75, 3.05) is 13.7 Å². The van der Waals surface area contributed by atoms with Gasteiger partial charge in [-0.3, -0.25) is 0 Å². The molecule has 0 aliphatic carbocycles. The Labute approximate surface area is 110 Å². The highest BCUT2D eigenvalue weighted by molar-refractivity contribution is 5.89. The maximum atomic E-state index is 11.5. The van der Waals surface area contributed by atoms with E-state index < -0.39 is 5.97 Å². The number of hydrogen-bond acceptors (Lipinski definition) is 5. The molecule has 0 aromatic carbocycles. The Balaban J connectivity index is 2.03. The Kier molecular flexibility index (Phi) is 2.94. The second-order valence-electron chi connectivity index (χ2n) is 4.45. The summed E-state index contributed by atoms with van der Waals surface area (Å²) >= 11 is 0. The number of pyridine rings is 1. The van der Waals surface area contributed by atoms with Crippen molar-refractivity contribution in [2.45, 2.75) is 19.1 Å². The van der Waals surface area contributed by atoms with Gasteiger partial charge in [0.05, 0.1) is 19.8 Å². The summed E-state index contributed by atoms with van der Waals surface area (Å²) in [4.78, 5) is 20.2. The average molecular weight is 260 g/mol. The van der Waals surface area contributed by atoms with Crippen LogP contribution in [0.15, 0.2) is 12.1 Å². The highest BCUT2D eigenvalue weighted by Crippen LogP contribution is 2.19. The normalized spacial score (nSPS) is 18.3. The second-order valence-corrected chi connectivity index (χ2v) is 4.45. The Bertz CT molecular complexity index is 631. The summed E-state index contributed by atoms with van der Waals surface area (Å²) < 4.78 is 12.0. The molecule has 0 bridgehead atoms. The van der Waals surface area contributed by atoms with E-state index in [1.165, 1.54) is 7.11 Å². The van der Waals surface area contributed by atoms with Crippen LogP contribution in [0.25, 0.3) is 11.2 Å². The number of nitrogens with zero attached hydrogens (tertiary/aromatic N) is 3. The van der Waals surface area contributed by atoms with Gasteiger partial charge in [-0.2, -0.15) is 0 Å². The van der Waals surface area contributed by atoms with Crippen molar-refractivity contribution in [1.29, 1.82) is 0 Å². The largest absolute Gasteiger partial charge is 0.464 e. The standard InChI is InChI=1S/C13H14N3O3/c1-8-14-10-3-4-11(13(17)18-2)15-12(10)16(8)7-9-5-6-19-9/h3-4,9H,1,5-7H2,2H3. The molecule has 3 rings (SSSR count).